The maximum atomic E-state index is 13.0. The van der Waals surface area contributed by atoms with Crippen molar-refractivity contribution < 1.29 is 18.8 Å². The van der Waals surface area contributed by atoms with Gasteiger partial charge in [0.15, 0.2) is 11.5 Å². The van der Waals surface area contributed by atoms with E-state index in [-0.39, 0.29) is 12.5 Å². The second-order valence-corrected chi connectivity index (χ2v) is 7.91. The number of ether oxygens (including phenoxy) is 2. The van der Waals surface area contributed by atoms with E-state index in [9.17, 15) is 4.79 Å². The summed E-state index contributed by atoms with van der Waals surface area (Å²) in [5, 5.41) is 11.9. The van der Waals surface area contributed by atoms with E-state index in [1.807, 2.05) is 32.9 Å². The number of rotatable bonds is 7. The summed E-state index contributed by atoms with van der Waals surface area (Å²) in [6, 6.07) is 14.0. The maximum Gasteiger partial charge on any atom is 0.256 e. The molecule has 0 saturated heterocycles. The van der Waals surface area contributed by atoms with E-state index in [4.69, 9.17) is 25.6 Å². The van der Waals surface area contributed by atoms with Gasteiger partial charge in [0.1, 0.15) is 18.2 Å². The molecule has 0 aliphatic heterocycles. The van der Waals surface area contributed by atoms with Crippen molar-refractivity contribution in [1.82, 2.24) is 14.9 Å². The van der Waals surface area contributed by atoms with Crippen LogP contribution in [0.2, 0.25) is 5.02 Å². The van der Waals surface area contributed by atoms with E-state index in [1.165, 1.54) is 7.11 Å². The van der Waals surface area contributed by atoms with Crippen molar-refractivity contribution in [3.8, 4) is 17.2 Å². The zero-order chi connectivity index (χ0) is 23.5. The number of nitrogens with zero attached hydrogens (tertiary/aromatic N) is 3. The van der Waals surface area contributed by atoms with Gasteiger partial charge < -0.3 is 19.3 Å². The van der Waals surface area contributed by atoms with Crippen molar-refractivity contribution in [1.29, 1.82) is 0 Å². The molecule has 0 saturated carbocycles. The van der Waals surface area contributed by atoms with Crippen molar-refractivity contribution in [3.63, 3.8) is 0 Å². The second kappa shape index (κ2) is 9.38. The molecule has 8 nitrogen and oxygen atoms in total. The van der Waals surface area contributed by atoms with Crippen molar-refractivity contribution in [2.24, 2.45) is 0 Å². The first-order valence-corrected chi connectivity index (χ1v) is 10.6. The highest BCUT2D eigenvalue weighted by Crippen LogP contribution is 2.30. The summed E-state index contributed by atoms with van der Waals surface area (Å²) in [5.74, 6) is 1.86. The van der Waals surface area contributed by atoms with Gasteiger partial charge in [0, 0.05) is 16.7 Å². The van der Waals surface area contributed by atoms with Crippen molar-refractivity contribution in [2.45, 2.75) is 27.4 Å². The number of hydrogen-bond donors (Lipinski definition) is 1. The molecule has 0 aliphatic rings. The first-order chi connectivity index (χ1) is 15.9. The van der Waals surface area contributed by atoms with E-state index in [0.29, 0.717) is 33.7 Å². The Morgan fingerprint density at radius 3 is 2.64 bits per heavy atom. The molecule has 4 rings (SSSR count). The fourth-order valence-electron chi connectivity index (χ4n) is 3.37. The van der Waals surface area contributed by atoms with Gasteiger partial charge in [-0.2, -0.15) is 5.10 Å². The lowest BCUT2D eigenvalue weighted by atomic mass is 10.2. The van der Waals surface area contributed by atoms with Gasteiger partial charge in [0.05, 0.1) is 29.7 Å². The van der Waals surface area contributed by atoms with Crippen LogP contribution in [0.25, 0.3) is 5.69 Å². The predicted molar refractivity (Wildman–Crippen MR) is 125 cm³/mol. The number of aromatic nitrogens is 3. The number of methoxy groups -OCH3 is 1. The van der Waals surface area contributed by atoms with Gasteiger partial charge in [-0.25, -0.2) is 4.68 Å². The Morgan fingerprint density at radius 1 is 1.12 bits per heavy atom. The summed E-state index contributed by atoms with van der Waals surface area (Å²) in [4.78, 5) is 13.0. The summed E-state index contributed by atoms with van der Waals surface area (Å²) in [7, 11) is 1.53. The minimum absolute atomic E-state index is 0.279. The lowest BCUT2D eigenvalue weighted by Gasteiger charge is -2.13. The Labute approximate surface area is 196 Å². The van der Waals surface area contributed by atoms with Gasteiger partial charge in [-0.1, -0.05) is 22.8 Å². The molecule has 4 aromatic rings. The van der Waals surface area contributed by atoms with Gasteiger partial charge in [0.2, 0.25) is 0 Å². The summed E-state index contributed by atoms with van der Waals surface area (Å²) in [6.07, 6.45) is 0. The van der Waals surface area contributed by atoms with Gasteiger partial charge in [-0.05, 0) is 57.2 Å². The molecule has 2 aromatic heterocycles. The first-order valence-electron chi connectivity index (χ1n) is 10.2. The number of amides is 1. The van der Waals surface area contributed by atoms with Crippen LogP contribution in [-0.2, 0) is 6.61 Å². The molecule has 170 valence electrons. The van der Waals surface area contributed by atoms with Crippen LogP contribution in [0.3, 0.4) is 0 Å². The number of anilines is 1. The zero-order valence-corrected chi connectivity index (χ0v) is 19.4. The summed E-state index contributed by atoms with van der Waals surface area (Å²) in [5.41, 5.74) is 3.56. The van der Waals surface area contributed by atoms with Crippen molar-refractivity contribution >= 4 is 23.3 Å². The Hall–Kier alpha value is -3.78. The molecular weight excluding hydrogens is 444 g/mol. The minimum Gasteiger partial charge on any atom is -0.493 e. The fourth-order valence-corrected chi connectivity index (χ4v) is 3.55. The molecule has 1 amide bonds. The second-order valence-electron chi connectivity index (χ2n) is 7.47. The normalized spacial score (nSPS) is 10.8. The zero-order valence-electron chi connectivity index (χ0n) is 18.7. The number of nitrogens with one attached hydrogen (secondary N) is 1. The Morgan fingerprint density at radius 2 is 1.94 bits per heavy atom. The van der Waals surface area contributed by atoms with Crippen LogP contribution in [0.15, 0.2) is 53.1 Å². The van der Waals surface area contributed by atoms with E-state index < -0.39 is 0 Å². The van der Waals surface area contributed by atoms with E-state index in [1.54, 1.807) is 41.1 Å². The molecule has 0 aliphatic carbocycles. The SMILES string of the molecule is COc1cc(C(=O)Nc2cc(C)nn2-c2cccc(Cl)c2)ccc1OCc1c(C)noc1C. The lowest BCUT2D eigenvalue weighted by Crippen LogP contribution is -2.15. The molecule has 9 heteroatoms. The van der Waals surface area contributed by atoms with Gasteiger partial charge in [0.25, 0.3) is 5.91 Å². The van der Waals surface area contributed by atoms with Crippen LogP contribution in [-0.4, -0.2) is 28.0 Å². The van der Waals surface area contributed by atoms with Crippen LogP contribution in [0.1, 0.15) is 33.1 Å². The molecular formula is C24H23ClN4O4. The average Bonchev–Trinajstić information content (AvgIpc) is 3.32. The standard InChI is InChI=1S/C24H23ClN4O4/c1-14-10-23(29(27-14)19-7-5-6-18(25)12-19)26-24(30)17-8-9-21(22(11-17)31-4)32-13-20-15(2)28-33-16(20)3/h5-12H,13H2,1-4H3,(H,26,30). The number of halogens is 1. The molecule has 0 unspecified atom stereocenters. The summed E-state index contributed by atoms with van der Waals surface area (Å²) in [6.45, 7) is 5.82. The monoisotopic (exact) mass is 466 g/mol. The smallest absolute Gasteiger partial charge is 0.256 e. The van der Waals surface area contributed by atoms with Crippen LogP contribution in [0.5, 0.6) is 11.5 Å². The number of carbonyl (C=O) groups is 1. The molecule has 0 radical (unpaired) electrons. The van der Waals surface area contributed by atoms with Gasteiger partial charge in [-0.15, -0.1) is 0 Å². The molecule has 2 aromatic carbocycles. The molecule has 2 heterocycles. The predicted octanol–water partition coefficient (Wildman–Crippen LogP) is 5.28. The lowest BCUT2D eigenvalue weighted by molar-refractivity contribution is 0.102. The quantitative estimate of drug-likeness (QED) is 0.398. The minimum atomic E-state index is -0.311. The molecule has 0 atom stereocenters. The highest BCUT2D eigenvalue weighted by Gasteiger charge is 2.16. The molecule has 0 spiro atoms. The summed E-state index contributed by atoms with van der Waals surface area (Å²) >= 11 is 6.12. The topological polar surface area (TPSA) is 91.4 Å². The van der Waals surface area contributed by atoms with Crippen LogP contribution >= 0.6 is 11.6 Å². The van der Waals surface area contributed by atoms with Gasteiger partial charge >= 0.3 is 0 Å². The van der Waals surface area contributed by atoms with E-state index in [0.717, 1.165) is 22.6 Å². The average molecular weight is 467 g/mol. The van der Waals surface area contributed by atoms with Crippen LogP contribution in [0.4, 0.5) is 5.82 Å². The Kier molecular flexibility index (Phi) is 6.37. The third-order valence-electron chi connectivity index (χ3n) is 5.10. The van der Waals surface area contributed by atoms with Gasteiger partial charge in [-0.3, -0.25) is 4.79 Å². The van der Waals surface area contributed by atoms with Crippen molar-refractivity contribution in [3.05, 3.63) is 81.8 Å². The summed E-state index contributed by atoms with van der Waals surface area (Å²) < 4.78 is 18.2. The van der Waals surface area contributed by atoms with Crippen molar-refractivity contribution in [2.75, 3.05) is 12.4 Å². The van der Waals surface area contributed by atoms with Crippen LogP contribution < -0.4 is 14.8 Å². The molecule has 1 N–H and O–H groups in total. The third-order valence-corrected chi connectivity index (χ3v) is 5.34. The largest absolute Gasteiger partial charge is 0.493 e. The number of benzene rings is 2. The Bertz CT molecular complexity index is 1290. The third kappa shape index (κ3) is 4.85. The number of carbonyl (C=O) groups excluding carboxylic acids is 1. The highest BCUT2D eigenvalue weighted by atomic mass is 35.5. The molecule has 0 fully saturated rings. The number of hydrogen-bond acceptors (Lipinski definition) is 6. The fraction of sp³-hybridized carbons (Fsp3) is 0.208. The Balaban J connectivity index is 1.54. The molecule has 0 bridgehead atoms. The first kappa shape index (κ1) is 22.4. The highest BCUT2D eigenvalue weighted by molar-refractivity contribution is 6.30. The van der Waals surface area contributed by atoms with E-state index in [2.05, 4.69) is 15.6 Å². The van der Waals surface area contributed by atoms with Crippen LogP contribution in [0, 0.1) is 20.8 Å². The maximum absolute atomic E-state index is 13.0. The van der Waals surface area contributed by atoms with E-state index >= 15 is 0 Å². The number of aryl methyl sites for hydroxylation is 3. The molecule has 33 heavy (non-hydrogen) atoms.